The number of ketones is 1. The van der Waals surface area contributed by atoms with Gasteiger partial charge in [-0.15, -0.1) is 0 Å². The lowest BCUT2D eigenvalue weighted by atomic mass is 9.97. The number of rotatable bonds is 6. The van der Waals surface area contributed by atoms with Crippen LogP contribution >= 0.6 is 0 Å². The van der Waals surface area contributed by atoms with Gasteiger partial charge in [-0.2, -0.15) is 5.10 Å². The highest BCUT2D eigenvalue weighted by Gasteiger charge is 2.50. The Kier molecular flexibility index (Phi) is 6.27. The van der Waals surface area contributed by atoms with E-state index in [0.717, 1.165) is 29.4 Å². The number of guanidine groups is 1. The van der Waals surface area contributed by atoms with Crippen LogP contribution in [0.4, 0.5) is 15.9 Å². The fourth-order valence-corrected chi connectivity index (χ4v) is 6.25. The van der Waals surface area contributed by atoms with Crippen LogP contribution < -0.4 is 21.1 Å². The number of nitrogens with two attached hydrogens (primary N) is 2. The number of aliphatic imine (C=N–C) groups is 1. The Morgan fingerprint density at radius 1 is 1.00 bits per heavy atom. The van der Waals surface area contributed by atoms with Crippen LogP contribution in [0.3, 0.4) is 0 Å². The highest BCUT2D eigenvalue weighted by Crippen LogP contribution is 2.41. The predicted molar refractivity (Wildman–Crippen MR) is 166 cm³/mol. The lowest BCUT2D eigenvalue weighted by Gasteiger charge is -2.22. The summed E-state index contributed by atoms with van der Waals surface area (Å²) in [6.07, 6.45) is 4.73. The molecule has 222 valence electrons. The molecular weight excluding hydrogens is 561 g/mol. The van der Waals surface area contributed by atoms with Crippen molar-refractivity contribution in [3.05, 3.63) is 95.1 Å². The van der Waals surface area contributed by atoms with Crippen molar-refractivity contribution >= 4 is 40.1 Å². The lowest BCUT2D eigenvalue weighted by Crippen LogP contribution is -2.43. The average molecular weight is 592 g/mol. The van der Waals surface area contributed by atoms with E-state index in [9.17, 15) is 14.0 Å². The number of fused-ring (bicyclic) bond motifs is 1. The molecule has 1 amide bonds. The van der Waals surface area contributed by atoms with Crippen LogP contribution in [0.15, 0.2) is 71.9 Å². The van der Waals surface area contributed by atoms with Gasteiger partial charge in [0.2, 0.25) is 11.7 Å². The van der Waals surface area contributed by atoms with Crippen molar-refractivity contribution in [2.24, 2.45) is 10.7 Å². The number of amides is 1. The van der Waals surface area contributed by atoms with E-state index < -0.39 is 11.4 Å². The SMILES string of the molecule is Cc1cc2cc(C(=O)c3cnn(-c4ccc(Oc5ccccc5F)cc4C)c3N)[nH]c2cc1N1C(=O)C2(CCCC2)N=C1N. The Labute approximate surface area is 252 Å². The number of nitrogen functional groups attached to an aromatic ring is 1. The molecule has 2 aromatic heterocycles. The summed E-state index contributed by atoms with van der Waals surface area (Å²) >= 11 is 0. The smallest absolute Gasteiger partial charge is 0.261 e. The van der Waals surface area contributed by atoms with Crippen LogP contribution in [0.2, 0.25) is 0 Å². The standard InChI is InChI=1S/C33H30FN7O3/c1-18-13-20-15-25(38-24(20)16-27(18)40-31(43)33(39-32(40)36)11-5-6-12-33)29(42)22-17-37-41(30(22)35)26-10-9-21(14-19(26)2)44-28-8-4-3-7-23(28)34/h3-4,7-10,13-17,38H,5-6,11-12,35H2,1-2H3,(H2,36,39). The van der Waals surface area contributed by atoms with Gasteiger partial charge in [-0.25, -0.2) is 19.0 Å². The second kappa shape index (κ2) is 10.1. The maximum Gasteiger partial charge on any atom is 0.261 e. The maximum atomic E-state index is 14.0. The van der Waals surface area contributed by atoms with Gasteiger partial charge in [0, 0.05) is 10.9 Å². The molecule has 7 rings (SSSR count). The van der Waals surface area contributed by atoms with Gasteiger partial charge in [0.05, 0.1) is 28.8 Å². The summed E-state index contributed by atoms with van der Waals surface area (Å²) in [5.41, 5.74) is 16.1. The number of H-pyrrole nitrogens is 1. The molecule has 0 radical (unpaired) electrons. The fourth-order valence-electron chi connectivity index (χ4n) is 6.25. The molecule has 0 unspecified atom stereocenters. The Bertz CT molecular complexity index is 2020. The molecule has 1 fully saturated rings. The van der Waals surface area contributed by atoms with Crippen molar-refractivity contribution in [2.75, 3.05) is 10.6 Å². The number of benzene rings is 3. The zero-order valence-electron chi connectivity index (χ0n) is 24.2. The highest BCUT2D eigenvalue weighted by atomic mass is 19.1. The second-order valence-electron chi connectivity index (χ2n) is 11.4. The van der Waals surface area contributed by atoms with Crippen LogP contribution in [0.25, 0.3) is 16.6 Å². The zero-order chi connectivity index (χ0) is 30.7. The van der Waals surface area contributed by atoms with Crippen molar-refractivity contribution in [1.29, 1.82) is 0 Å². The lowest BCUT2D eigenvalue weighted by molar-refractivity contribution is -0.121. The third-order valence-corrected chi connectivity index (χ3v) is 8.52. The van der Waals surface area contributed by atoms with Crippen LogP contribution in [-0.4, -0.2) is 38.0 Å². The Balaban J connectivity index is 1.16. The molecule has 1 saturated carbocycles. The molecule has 0 saturated heterocycles. The summed E-state index contributed by atoms with van der Waals surface area (Å²) in [5.74, 6) is 0.0532. The number of carbonyl (C=O) groups excluding carboxylic acids is 2. The molecule has 0 atom stereocenters. The van der Waals surface area contributed by atoms with Crippen molar-refractivity contribution < 1.29 is 18.7 Å². The molecular formula is C33H30FN7O3. The van der Waals surface area contributed by atoms with E-state index in [2.05, 4.69) is 15.1 Å². The highest BCUT2D eigenvalue weighted by molar-refractivity contribution is 6.24. The molecule has 2 aliphatic rings. The minimum Gasteiger partial charge on any atom is -0.454 e. The molecule has 11 heteroatoms. The first-order chi connectivity index (χ1) is 21.1. The summed E-state index contributed by atoms with van der Waals surface area (Å²) in [7, 11) is 0. The summed E-state index contributed by atoms with van der Waals surface area (Å²) in [5, 5.41) is 5.20. The molecule has 1 spiro atoms. The number of nitrogens with zero attached hydrogens (tertiary/aromatic N) is 4. The van der Waals surface area contributed by atoms with Gasteiger partial charge in [0.15, 0.2) is 11.6 Å². The largest absolute Gasteiger partial charge is 0.454 e. The monoisotopic (exact) mass is 591 g/mol. The Hall–Kier alpha value is -5.45. The van der Waals surface area contributed by atoms with E-state index in [1.807, 2.05) is 26.0 Å². The minimum atomic E-state index is -0.758. The number of aromatic amines is 1. The van der Waals surface area contributed by atoms with E-state index >= 15 is 0 Å². The van der Waals surface area contributed by atoms with Gasteiger partial charge in [-0.05, 0) is 86.3 Å². The summed E-state index contributed by atoms with van der Waals surface area (Å²) in [6, 6.07) is 16.9. The summed E-state index contributed by atoms with van der Waals surface area (Å²) in [6.45, 7) is 3.75. The maximum absolute atomic E-state index is 14.0. The summed E-state index contributed by atoms with van der Waals surface area (Å²) in [4.78, 5) is 36.3. The van der Waals surface area contributed by atoms with E-state index in [1.165, 1.54) is 21.8 Å². The van der Waals surface area contributed by atoms with Crippen molar-refractivity contribution in [2.45, 2.75) is 45.1 Å². The van der Waals surface area contributed by atoms with Gasteiger partial charge >= 0.3 is 0 Å². The number of carbonyl (C=O) groups is 2. The van der Waals surface area contributed by atoms with Gasteiger partial charge in [0.1, 0.15) is 17.1 Å². The van der Waals surface area contributed by atoms with Crippen LogP contribution in [-0.2, 0) is 4.79 Å². The number of nitrogens with one attached hydrogen (secondary N) is 1. The number of ether oxygens (including phenoxy) is 1. The van der Waals surface area contributed by atoms with Crippen LogP contribution in [0.5, 0.6) is 11.5 Å². The number of aromatic nitrogens is 3. The number of hydrogen-bond donors (Lipinski definition) is 3. The number of para-hydroxylation sites is 1. The normalized spacial score (nSPS) is 15.8. The molecule has 3 heterocycles. The van der Waals surface area contributed by atoms with E-state index in [-0.39, 0.29) is 34.8 Å². The van der Waals surface area contributed by atoms with E-state index in [1.54, 1.807) is 42.5 Å². The quantitative estimate of drug-likeness (QED) is 0.216. The van der Waals surface area contributed by atoms with Gasteiger partial charge in [-0.1, -0.05) is 25.0 Å². The van der Waals surface area contributed by atoms with Gasteiger partial charge in [0.25, 0.3) is 5.91 Å². The third kappa shape index (κ3) is 4.31. The molecule has 0 bridgehead atoms. The predicted octanol–water partition coefficient (Wildman–Crippen LogP) is 5.69. The Morgan fingerprint density at radius 3 is 2.50 bits per heavy atom. The molecule has 1 aliphatic heterocycles. The summed E-state index contributed by atoms with van der Waals surface area (Å²) < 4.78 is 21.2. The molecule has 5 N–H and O–H groups in total. The first-order valence-electron chi connectivity index (χ1n) is 14.4. The van der Waals surface area contributed by atoms with Crippen LogP contribution in [0, 0.1) is 19.7 Å². The number of hydrogen-bond acceptors (Lipinski definition) is 7. The van der Waals surface area contributed by atoms with Crippen LogP contribution in [0.1, 0.15) is 52.9 Å². The minimum absolute atomic E-state index is 0.0971. The molecule has 1 aliphatic carbocycles. The van der Waals surface area contributed by atoms with Gasteiger partial charge in [-0.3, -0.25) is 9.59 Å². The molecule has 5 aromatic rings. The molecule has 44 heavy (non-hydrogen) atoms. The third-order valence-electron chi connectivity index (χ3n) is 8.52. The van der Waals surface area contributed by atoms with E-state index in [4.69, 9.17) is 16.2 Å². The molecule has 3 aromatic carbocycles. The number of halogens is 1. The number of anilines is 2. The number of aryl methyl sites for hydroxylation is 2. The zero-order valence-corrected chi connectivity index (χ0v) is 24.2. The molecule has 10 nitrogen and oxygen atoms in total. The second-order valence-corrected chi connectivity index (χ2v) is 11.4. The first kappa shape index (κ1) is 27.4. The van der Waals surface area contributed by atoms with E-state index in [0.29, 0.717) is 41.2 Å². The fraction of sp³-hybridized carbons (Fsp3) is 0.212. The topological polar surface area (TPSA) is 145 Å². The van der Waals surface area contributed by atoms with Crippen molar-refractivity contribution in [3.63, 3.8) is 0 Å². The van der Waals surface area contributed by atoms with Crippen molar-refractivity contribution in [1.82, 2.24) is 14.8 Å². The van der Waals surface area contributed by atoms with Gasteiger partial charge < -0.3 is 21.2 Å². The Morgan fingerprint density at radius 2 is 1.75 bits per heavy atom. The first-order valence-corrected chi connectivity index (χ1v) is 14.4. The van der Waals surface area contributed by atoms with Crippen molar-refractivity contribution in [3.8, 4) is 17.2 Å². The average Bonchev–Trinajstić information content (AvgIpc) is 3.77.